The van der Waals surface area contributed by atoms with Crippen LogP contribution < -0.4 is 9.96 Å². The Morgan fingerprint density at radius 2 is 1.77 bits per heavy atom. The SMILES string of the molecule is Cc1cc(C(C)(C)C)ccc1-c1cc(OCc2ccccc2)c(/C=C/[NH+]([O-])O)c(C)n1. The minimum absolute atomic E-state index is 0.0715. The number of ether oxygens (including phenoxy) is 1. The first-order chi connectivity index (χ1) is 14.6. The molecule has 2 N–H and O–H groups in total. The monoisotopic (exact) mass is 418 g/mol. The summed E-state index contributed by atoms with van der Waals surface area (Å²) in [5.74, 6) is 0.614. The first-order valence-corrected chi connectivity index (χ1v) is 10.4. The molecule has 3 aromatic rings. The van der Waals surface area contributed by atoms with Gasteiger partial charge in [-0.05, 0) is 36.0 Å². The summed E-state index contributed by atoms with van der Waals surface area (Å²) in [6, 6.07) is 18.2. The molecule has 0 amide bonds. The van der Waals surface area contributed by atoms with E-state index in [-0.39, 0.29) is 5.41 Å². The quantitative estimate of drug-likeness (QED) is 0.554. The predicted octanol–water partition coefficient (Wildman–Crippen LogP) is 4.98. The standard InChI is InChI=1S/C26H30N2O3/c1-18-15-21(26(3,4)5)11-12-22(18)24-16-25(31-17-20-9-7-6-8-10-20)23(19(2)27-24)13-14-28(29)30/h6-16,28-29H,17H2,1-5H3/b14-13+. The number of quaternary nitrogens is 1. The van der Waals surface area contributed by atoms with Crippen molar-refractivity contribution in [3.63, 3.8) is 0 Å². The van der Waals surface area contributed by atoms with Gasteiger partial charge in [-0.1, -0.05) is 69.3 Å². The lowest BCUT2D eigenvalue weighted by Crippen LogP contribution is -2.99. The van der Waals surface area contributed by atoms with Crippen molar-refractivity contribution in [3.05, 3.63) is 94.0 Å². The van der Waals surface area contributed by atoms with E-state index in [1.54, 1.807) is 6.08 Å². The molecule has 1 aromatic heterocycles. The predicted molar refractivity (Wildman–Crippen MR) is 124 cm³/mol. The summed E-state index contributed by atoms with van der Waals surface area (Å²) in [4.78, 5) is 4.77. The van der Waals surface area contributed by atoms with E-state index in [0.717, 1.165) is 34.3 Å². The topological polar surface area (TPSA) is 69.9 Å². The maximum Gasteiger partial charge on any atom is 0.131 e. The third-order valence-corrected chi connectivity index (χ3v) is 5.21. The van der Waals surface area contributed by atoms with E-state index in [0.29, 0.717) is 17.9 Å². The maximum atomic E-state index is 11.1. The fourth-order valence-electron chi connectivity index (χ4n) is 3.42. The molecule has 2 aromatic carbocycles. The summed E-state index contributed by atoms with van der Waals surface area (Å²) >= 11 is 0. The molecule has 0 bridgehead atoms. The Balaban J connectivity index is 2.03. The smallest absolute Gasteiger partial charge is 0.131 e. The Morgan fingerprint density at radius 3 is 2.39 bits per heavy atom. The fraction of sp³-hybridized carbons (Fsp3) is 0.269. The van der Waals surface area contributed by atoms with Gasteiger partial charge in [-0.2, -0.15) is 0 Å². The molecule has 162 valence electrons. The van der Waals surface area contributed by atoms with Crippen molar-refractivity contribution >= 4 is 6.08 Å². The van der Waals surface area contributed by atoms with Crippen LogP contribution in [0.4, 0.5) is 0 Å². The molecule has 31 heavy (non-hydrogen) atoms. The zero-order chi connectivity index (χ0) is 22.6. The van der Waals surface area contributed by atoms with Gasteiger partial charge in [-0.25, -0.2) is 10.4 Å². The maximum absolute atomic E-state index is 11.1. The Morgan fingerprint density at radius 1 is 1.06 bits per heavy atom. The van der Waals surface area contributed by atoms with Crippen LogP contribution in [0.3, 0.4) is 0 Å². The highest BCUT2D eigenvalue weighted by molar-refractivity contribution is 5.70. The van der Waals surface area contributed by atoms with Crippen molar-refractivity contribution in [1.29, 1.82) is 0 Å². The van der Waals surface area contributed by atoms with Crippen LogP contribution in [0.5, 0.6) is 5.75 Å². The Bertz CT molecular complexity index is 1070. The third-order valence-electron chi connectivity index (χ3n) is 5.21. The highest BCUT2D eigenvalue weighted by Crippen LogP contribution is 2.33. The van der Waals surface area contributed by atoms with Crippen LogP contribution >= 0.6 is 0 Å². The zero-order valence-electron chi connectivity index (χ0n) is 18.8. The van der Waals surface area contributed by atoms with Crippen molar-refractivity contribution in [3.8, 4) is 17.0 Å². The average molecular weight is 419 g/mol. The number of rotatable bonds is 6. The molecule has 0 radical (unpaired) electrons. The molecule has 0 aliphatic rings. The minimum atomic E-state index is -1.01. The van der Waals surface area contributed by atoms with Gasteiger partial charge in [0.1, 0.15) is 18.6 Å². The van der Waals surface area contributed by atoms with Crippen molar-refractivity contribution in [1.82, 2.24) is 4.98 Å². The lowest BCUT2D eigenvalue weighted by molar-refractivity contribution is -1.00. The minimum Gasteiger partial charge on any atom is -0.595 e. The molecule has 1 heterocycles. The number of hydroxylamine groups is 2. The second kappa shape index (κ2) is 9.43. The summed E-state index contributed by atoms with van der Waals surface area (Å²) in [5, 5.41) is 19.1. The van der Waals surface area contributed by atoms with Gasteiger partial charge in [0.05, 0.1) is 5.69 Å². The number of nitrogens with one attached hydrogen (secondary N) is 1. The van der Waals surface area contributed by atoms with Gasteiger partial charge in [0.15, 0.2) is 0 Å². The van der Waals surface area contributed by atoms with Crippen LogP contribution in [0.1, 0.15) is 48.7 Å². The number of hydrogen-bond donors (Lipinski definition) is 2. The largest absolute Gasteiger partial charge is 0.595 e. The number of pyridine rings is 1. The number of aryl methyl sites for hydroxylation is 2. The van der Waals surface area contributed by atoms with Gasteiger partial charge in [-0.3, -0.25) is 4.98 Å². The van der Waals surface area contributed by atoms with Gasteiger partial charge in [0.2, 0.25) is 0 Å². The van der Waals surface area contributed by atoms with E-state index < -0.39 is 5.23 Å². The van der Waals surface area contributed by atoms with Gasteiger partial charge in [0.25, 0.3) is 0 Å². The van der Waals surface area contributed by atoms with Crippen molar-refractivity contribution in [2.24, 2.45) is 0 Å². The van der Waals surface area contributed by atoms with E-state index in [2.05, 4.69) is 45.9 Å². The Hall–Kier alpha value is -2.99. The van der Waals surface area contributed by atoms with Crippen LogP contribution in [0.25, 0.3) is 17.3 Å². The third kappa shape index (κ3) is 5.79. The molecular weight excluding hydrogens is 388 g/mol. The van der Waals surface area contributed by atoms with Crippen molar-refractivity contribution in [2.75, 3.05) is 0 Å². The Labute approximate surface area is 184 Å². The van der Waals surface area contributed by atoms with E-state index in [4.69, 9.17) is 14.9 Å². The van der Waals surface area contributed by atoms with E-state index >= 15 is 0 Å². The normalized spacial score (nSPS) is 12.9. The highest BCUT2D eigenvalue weighted by Gasteiger charge is 2.17. The molecule has 0 saturated carbocycles. The lowest BCUT2D eigenvalue weighted by Gasteiger charge is -2.21. The number of nitrogens with zero attached hydrogens (tertiary/aromatic N) is 1. The van der Waals surface area contributed by atoms with Crippen molar-refractivity contribution < 1.29 is 15.2 Å². The summed E-state index contributed by atoms with van der Waals surface area (Å²) in [7, 11) is 0. The molecule has 0 aliphatic heterocycles. The zero-order valence-corrected chi connectivity index (χ0v) is 18.8. The molecule has 0 spiro atoms. The molecule has 0 fully saturated rings. The molecule has 1 atom stereocenters. The first kappa shape index (κ1) is 22.7. The molecule has 0 saturated heterocycles. The summed E-state index contributed by atoms with van der Waals surface area (Å²) in [6.07, 6.45) is 2.66. The molecule has 3 rings (SSSR count). The van der Waals surface area contributed by atoms with Crippen LogP contribution in [-0.4, -0.2) is 10.2 Å². The number of hydrogen-bond acceptors (Lipinski definition) is 4. The summed E-state index contributed by atoms with van der Waals surface area (Å²) in [6.45, 7) is 10.9. The van der Waals surface area contributed by atoms with Crippen LogP contribution in [0.2, 0.25) is 0 Å². The van der Waals surface area contributed by atoms with Gasteiger partial charge >= 0.3 is 0 Å². The molecule has 5 heteroatoms. The van der Waals surface area contributed by atoms with Gasteiger partial charge in [-0.15, -0.1) is 0 Å². The fourth-order valence-corrected chi connectivity index (χ4v) is 3.42. The van der Waals surface area contributed by atoms with Crippen LogP contribution in [0.15, 0.2) is 60.8 Å². The van der Waals surface area contributed by atoms with E-state index in [1.165, 1.54) is 5.56 Å². The second-order valence-electron chi connectivity index (χ2n) is 8.73. The lowest BCUT2D eigenvalue weighted by atomic mass is 9.85. The first-order valence-electron chi connectivity index (χ1n) is 10.4. The molecule has 1 unspecified atom stereocenters. The Kier molecular flexibility index (Phi) is 6.91. The van der Waals surface area contributed by atoms with Gasteiger partial charge in [0, 0.05) is 29.0 Å². The summed E-state index contributed by atoms with van der Waals surface area (Å²) in [5.41, 5.74) is 6.76. The molecular formula is C26H30N2O3. The second-order valence-corrected chi connectivity index (χ2v) is 8.73. The number of benzene rings is 2. The van der Waals surface area contributed by atoms with Crippen LogP contribution in [-0.2, 0) is 12.0 Å². The average Bonchev–Trinajstić information content (AvgIpc) is 2.71. The summed E-state index contributed by atoms with van der Waals surface area (Å²) < 4.78 is 6.13. The molecule has 0 aliphatic carbocycles. The number of aromatic nitrogens is 1. The van der Waals surface area contributed by atoms with E-state index in [1.807, 2.05) is 43.3 Å². The highest BCUT2D eigenvalue weighted by atomic mass is 16.8. The van der Waals surface area contributed by atoms with Crippen LogP contribution in [0, 0.1) is 19.1 Å². The van der Waals surface area contributed by atoms with Gasteiger partial charge < -0.3 is 9.94 Å². The molecule has 5 nitrogen and oxygen atoms in total. The van der Waals surface area contributed by atoms with E-state index in [9.17, 15) is 5.21 Å². The van der Waals surface area contributed by atoms with Crippen molar-refractivity contribution in [2.45, 2.75) is 46.6 Å².